The molecule has 0 radical (unpaired) electrons. The monoisotopic (exact) mass is 522 g/mol. The van der Waals surface area contributed by atoms with Gasteiger partial charge in [-0.3, -0.25) is 0 Å². The lowest BCUT2D eigenvalue weighted by Crippen LogP contribution is -1.96. The van der Waals surface area contributed by atoms with Crippen molar-refractivity contribution in [2.24, 2.45) is 0 Å². The molecule has 41 heavy (non-hydrogen) atoms. The van der Waals surface area contributed by atoms with E-state index in [-0.39, 0.29) is 0 Å². The maximum absolute atomic E-state index is 6.36. The summed E-state index contributed by atoms with van der Waals surface area (Å²) in [6, 6.07) is 46.7. The highest BCUT2D eigenvalue weighted by Crippen LogP contribution is 2.54. The Labute approximate surface area is 236 Å². The molecule has 0 atom stereocenters. The molecule has 190 valence electrons. The van der Waals surface area contributed by atoms with Crippen molar-refractivity contribution in [2.45, 2.75) is 0 Å². The minimum atomic E-state index is 0.602. The summed E-state index contributed by atoms with van der Waals surface area (Å²) < 4.78 is 6.36. The van der Waals surface area contributed by atoms with E-state index in [1.54, 1.807) is 0 Å². The average Bonchev–Trinajstić information content (AvgIpc) is 3.59. The Hall–Kier alpha value is -5.54. The molecular weight excluding hydrogens is 500 g/mol. The number of rotatable bonds is 3. The van der Waals surface area contributed by atoms with Gasteiger partial charge in [-0.2, -0.15) is 4.98 Å². The lowest BCUT2D eigenvalue weighted by Gasteiger charge is -2.15. The fourth-order valence-corrected chi connectivity index (χ4v) is 6.51. The average molecular weight is 523 g/mol. The lowest BCUT2D eigenvalue weighted by molar-refractivity contribution is 0.653. The van der Waals surface area contributed by atoms with Gasteiger partial charge >= 0.3 is 0 Å². The number of nitrogens with zero attached hydrogens (tertiary/aromatic N) is 2. The Kier molecular flexibility index (Phi) is 4.61. The standard InChI is InChI=1S/C38H22N2O/c1-3-11-23(12-4-1)26-21-22-30(34-29-19-10-16-24-15-9-18-28(32(24)29)33(26)34)37-39-36(25-13-5-2-6-14-25)35-27-17-7-8-20-31(27)41-38(35)40-37/h1-22H. The summed E-state index contributed by atoms with van der Waals surface area (Å²) in [5, 5.41) is 4.48. The van der Waals surface area contributed by atoms with Crippen LogP contribution in [0.5, 0.6) is 0 Å². The molecule has 3 heteroatoms. The third kappa shape index (κ3) is 3.20. The molecule has 0 saturated carbocycles. The van der Waals surface area contributed by atoms with Crippen LogP contribution in [0.4, 0.5) is 0 Å². The van der Waals surface area contributed by atoms with Crippen LogP contribution in [0.3, 0.4) is 0 Å². The number of aromatic nitrogens is 2. The van der Waals surface area contributed by atoms with Crippen LogP contribution in [0, 0.1) is 0 Å². The molecule has 0 N–H and O–H groups in total. The van der Waals surface area contributed by atoms with Gasteiger partial charge in [0.1, 0.15) is 5.58 Å². The quantitative estimate of drug-likeness (QED) is 0.232. The van der Waals surface area contributed by atoms with Crippen LogP contribution in [0.25, 0.3) is 88.9 Å². The molecule has 0 fully saturated rings. The van der Waals surface area contributed by atoms with Crippen molar-refractivity contribution in [3.05, 3.63) is 133 Å². The highest BCUT2D eigenvalue weighted by molar-refractivity contribution is 6.21. The van der Waals surface area contributed by atoms with Gasteiger partial charge in [0, 0.05) is 22.1 Å². The first-order valence-electron chi connectivity index (χ1n) is 13.9. The fourth-order valence-electron chi connectivity index (χ4n) is 6.51. The van der Waals surface area contributed by atoms with Gasteiger partial charge in [0.25, 0.3) is 0 Å². The van der Waals surface area contributed by atoms with Crippen molar-refractivity contribution in [3.63, 3.8) is 0 Å². The molecule has 0 aliphatic heterocycles. The van der Waals surface area contributed by atoms with Crippen LogP contribution in [0.15, 0.2) is 138 Å². The molecule has 3 nitrogen and oxygen atoms in total. The van der Waals surface area contributed by atoms with Gasteiger partial charge in [-0.15, -0.1) is 0 Å². The van der Waals surface area contributed by atoms with Crippen LogP contribution < -0.4 is 0 Å². The number of furan rings is 1. The van der Waals surface area contributed by atoms with Gasteiger partial charge in [0.2, 0.25) is 5.71 Å². The van der Waals surface area contributed by atoms with Crippen molar-refractivity contribution >= 4 is 32.8 Å². The summed E-state index contributed by atoms with van der Waals surface area (Å²) in [7, 11) is 0. The number of benzene rings is 6. The fraction of sp³-hybridized carbons (Fsp3) is 0. The molecule has 8 aromatic rings. The molecule has 0 bridgehead atoms. The van der Waals surface area contributed by atoms with Crippen molar-refractivity contribution in [1.82, 2.24) is 9.97 Å². The van der Waals surface area contributed by atoms with E-state index in [9.17, 15) is 0 Å². The topological polar surface area (TPSA) is 38.9 Å². The zero-order valence-electron chi connectivity index (χ0n) is 22.0. The van der Waals surface area contributed by atoms with E-state index in [2.05, 4.69) is 109 Å². The van der Waals surface area contributed by atoms with Crippen LogP contribution in [-0.4, -0.2) is 9.97 Å². The van der Waals surface area contributed by atoms with Gasteiger partial charge in [-0.25, -0.2) is 4.98 Å². The molecule has 6 aromatic carbocycles. The van der Waals surface area contributed by atoms with Crippen molar-refractivity contribution in [1.29, 1.82) is 0 Å². The zero-order valence-corrected chi connectivity index (χ0v) is 22.0. The van der Waals surface area contributed by atoms with E-state index < -0.39 is 0 Å². The van der Waals surface area contributed by atoms with Gasteiger partial charge in [-0.1, -0.05) is 121 Å². The highest BCUT2D eigenvalue weighted by atomic mass is 16.3. The Bertz CT molecular complexity index is 2290. The van der Waals surface area contributed by atoms with Crippen molar-refractivity contribution in [3.8, 4) is 56.0 Å². The maximum atomic E-state index is 6.36. The molecule has 1 aliphatic rings. The van der Waals surface area contributed by atoms with Gasteiger partial charge in [0.15, 0.2) is 5.82 Å². The van der Waals surface area contributed by atoms with Gasteiger partial charge in [-0.05, 0) is 50.7 Å². The first-order valence-corrected chi connectivity index (χ1v) is 13.9. The zero-order chi connectivity index (χ0) is 26.9. The first-order chi connectivity index (χ1) is 20.3. The Morgan fingerprint density at radius 2 is 1.07 bits per heavy atom. The molecule has 0 saturated heterocycles. The predicted molar refractivity (Wildman–Crippen MR) is 168 cm³/mol. The Balaban J connectivity index is 1.40. The molecule has 9 rings (SSSR count). The number of para-hydroxylation sites is 1. The van der Waals surface area contributed by atoms with Gasteiger partial charge in [0.05, 0.1) is 11.1 Å². The second kappa shape index (κ2) is 8.48. The molecule has 2 aromatic heterocycles. The van der Waals surface area contributed by atoms with Crippen LogP contribution in [0.1, 0.15) is 0 Å². The predicted octanol–water partition coefficient (Wildman–Crippen LogP) is 10.2. The third-order valence-electron chi connectivity index (χ3n) is 8.26. The van der Waals surface area contributed by atoms with E-state index in [0.29, 0.717) is 11.5 Å². The molecule has 0 unspecified atom stereocenters. The second-order valence-corrected chi connectivity index (χ2v) is 10.5. The summed E-state index contributed by atoms with van der Waals surface area (Å²) in [4.78, 5) is 10.4. The van der Waals surface area contributed by atoms with Crippen LogP contribution in [-0.2, 0) is 0 Å². The SMILES string of the molecule is c1ccc(-c2ccc(-c3nc(-c4ccccc4)c4c(n3)oc3ccccc34)c3c2-c2cccc4cccc-3c24)cc1. The van der Waals surface area contributed by atoms with Gasteiger partial charge < -0.3 is 4.42 Å². The van der Waals surface area contributed by atoms with E-state index in [0.717, 1.165) is 33.2 Å². The van der Waals surface area contributed by atoms with Crippen molar-refractivity contribution < 1.29 is 4.42 Å². The summed E-state index contributed by atoms with van der Waals surface area (Å²) in [5.41, 5.74) is 11.6. The maximum Gasteiger partial charge on any atom is 0.231 e. The molecule has 0 amide bonds. The second-order valence-electron chi connectivity index (χ2n) is 10.5. The molecular formula is C38H22N2O. The normalized spacial score (nSPS) is 11.9. The molecule has 0 spiro atoms. The molecule has 2 heterocycles. The Morgan fingerprint density at radius 3 is 1.83 bits per heavy atom. The third-order valence-corrected chi connectivity index (χ3v) is 8.26. The van der Waals surface area contributed by atoms with Crippen LogP contribution >= 0.6 is 0 Å². The Morgan fingerprint density at radius 1 is 0.439 bits per heavy atom. The van der Waals surface area contributed by atoms with E-state index in [1.807, 2.05) is 24.3 Å². The summed E-state index contributed by atoms with van der Waals surface area (Å²) in [6.07, 6.45) is 0. The first kappa shape index (κ1) is 22.3. The number of hydrogen-bond donors (Lipinski definition) is 0. The summed E-state index contributed by atoms with van der Waals surface area (Å²) in [5.74, 6) is 0.663. The largest absolute Gasteiger partial charge is 0.438 e. The van der Waals surface area contributed by atoms with E-state index in [1.165, 1.54) is 44.2 Å². The van der Waals surface area contributed by atoms with E-state index in [4.69, 9.17) is 14.4 Å². The number of fused-ring (bicyclic) bond motifs is 6. The minimum Gasteiger partial charge on any atom is -0.438 e. The van der Waals surface area contributed by atoms with Crippen LogP contribution in [0.2, 0.25) is 0 Å². The summed E-state index contributed by atoms with van der Waals surface area (Å²) in [6.45, 7) is 0. The summed E-state index contributed by atoms with van der Waals surface area (Å²) >= 11 is 0. The lowest BCUT2D eigenvalue weighted by atomic mass is 9.90. The number of hydrogen-bond acceptors (Lipinski definition) is 3. The highest BCUT2D eigenvalue weighted by Gasteiger charge is 2.29. The minimum absolute atomic E-state index is 0.602. The smallest absolute Gasteiger partial charge is 0.231 e. The van der Waals surface area contributed by atoms with E-state index >= 15 is 0 Å². The van der Waals surface area contributed by atoms with Crippen molar-refractivity contribution in [2.75, 3.05) is 0 Å². The molecule has 1 aliphatic carbocycles.